The SMILES string of the molecule is CC(NP(=O)(OC[C@@]1(CO)C/C1=C/n1cnc2c(=O)[nH]c(N)nc21)Oc1ccc(C2(C)CC2)cc1)C(=O)O. The first-order chi connectivity index (χ1) is 18.0. The number of nitrogens with two attached hydrogens (primary N) is 1. The van der Waals surface area contributed by atoms with Crippen molar-refractivity contribution in [2.24, 2.45) is 5.41 Å². The van der Waals surface area contributed by atoms with Gasteiger partial charge in [0.2, 0.25) is 5.95 Å². The largest absolute Gasteiger partial charge is 0.480 e. The fraction of sp³-hybridized carbons (Fsp3) is 0.417. The average Bonchev–Trinajstić information content (AvgIpc) is 3.74. The van der Waals surface area contributed by atoms with Gasteiger partial charge in [-0.3, -0.25) is 23.7 Å². The third-order valence-electron chi connectivity index (χ3n) is 7.14. The number of aromatic amines is 1. The van der Waals surface area contributed by atoms with Gasteiger partial charge in [-0.25, -0.2) is 9.55 Å². The van der Waals surface area contributed by atoms with E-state index in [1.807, 2.05) is 12.1 Å². The second-order valence-electron chi connectivity index (χ2n) is 10.2. The van der Waals surface area contributed by atoms with Crippen LogP contribution in [-0.2, 0) is 19.3 Å². The van der Waals surface area contributed by atoms with Crippen LogP contribution < -0.4 is 20.9 Å². The summed E-state index contributed by atoms with van der Waals surface area (Å²) in [6.45, 7) is 2.94. The van der Waals surface area contributed by atoms with Crippen molar-refractivity contribution in [2.75, 3.05) is 18.9 Å². The Bertz CT molecular complexity index is 1530. The molecule has 0 bridgehead atoms. The van der Waals surface area contributed by atoms with Crippen molar-refractivity contribution in [3.05, 3.63) is 52.1 Å². The number of imidazole rings is 1. The summed E-state index contributed by atoms with van der Waals surface area (Å²) in [4.78, 5) is 34.0. The van der Waals surface area contributed by atoms with Gasteiger partial charge in [-0.05, 0) is 54.9 Å². The topological polar surface area (TPSA) is 195 Å². The van der Waals surface area contributed by atoms with E-state index in [0.717, 1.165) is 24.0 Å². The third kappa shape index (κ3) is 5.10. The zero-order chi connectivity index (χ0) is 27.3. The molecule has 0 saturated heterocycles. The van der Waals surface area contributed by atoms with Crippen LogP contribution in [0.1, 0.15) is 38.7 Å². The van der Waals surface area contributed by atoms with Crippen molar-refractivity contribution >= 4 is 37.0 Å². The van der Waals surface area contributed by atoms with E-state index in [9.17, 15) is 24.4 Å². The lowest BCUT2D eigenvalue weighted by Crippen LogP contribution is -2.34. The molecule has 0 radical (unpaired) electrons. The fourth-order valence-corrected chi connectivity index (χ4v) is 5.76. The predicted molar refractivity (Wildman–Crippen MR) is 138 cm³/mol. The van der Waals surface area contributed by atoms with Crippen LogP contribution >= 0.6 is 7.75 Å². The Balaban J connectivity index is 1.35. The van der Waals surface area contributed by atoms with E-state index in [2.05, 4.69) is 27.0 Å². The molecule has 3 aromatic rings. The lowest BCUT2D eigenvalue weighted by atomic mass is 9.99. The molecule has 1 aromatic carbocycles. The number of hydrogen-bond donors (Lipinski definition) is 5. The summed E-state index contributed by atoms with van der Waals surface area (Å²) in [7, 11) is -4.17. The maximum Gasteiger partial charge on any atom is 0.459 e. The predicted octanol–water partition coefficient (Wildman–Crippen LogP) is 2.24. The number of aliphatic hydroxyl groups is 1. The number of anilines is 1. The minimum Gasteiger partial charge on any atom is -0.480 e. The molecule has 0 aliphatic heterocycles. The summed E-state index contributed by atoms with van der Waals surface area (Å²) >= 11 is 0. The molecule has 5 rings (SSSR count). The molecule has 2 aliphatic rings. The number of aliphatic carboxylic acids is 1. The Morgan fingerprint density at radius 1 is 1.37 bits per heavy atom. The Morgan fingerprint density at radius 3 is 2.71 bits per heavy atom. The maximum absolute atomic E-state index is 13.7. The Hall–Kier alpha value is -3.51. The summed E-state index contributed by atoms with van der Waals surface area (Å²) in [5.41, 5.74) is 6.64. The molecule has 6 N–H and O–H groups in total. The first-order valence-corrected chi connectivity index (χ1v) is 13.6. The van der Waals surface area contributed by atoms with Crippen molar-refractivity contribution in [3.8, 4) is 5.75 Å². The molecule has 2 unspecified atom stereocenters. The van der Waals surface area contributed by atoms with Gasteiger partial charge in [0.25, 0.3) is 5.56 Å². The van der Waals surface area contributed by atoms with E-state index in [1.54, 1.807) is 18.3 Å². The Labute approximate surface area is 217 Å². The summed E-state index contributed by atoms with van der Waals surface area (Å²) in [5.74, 6) is -1.03. The summed E-state index contributed by atoms with van der Waals surface area (Å²) < 4.78 is 26.6. The molecule has 2 aliphatic carbocycles. The zero-order valence-corrected chi connectivity index (χ0v) is 21.8. The number of nitrogens with one attached hydrogen (secondary N) is 2. The molecule has 0 amide bonds. The number of H-pyrrole nitrogens is 1. The number of carboxylic acids is 1. The van der Waals surface area contributed by atoms with Crippen molar-refractivity contribution in [1.82, 2.24) is 24.6 Å². The van der Waals surface area contributed by atoms with Crippen LogP contribution in [0.25, 0.3) is 17.4 Å². The number of aromatic nitrogens is 4. The van der Waals surface area contributed by atoms with Gasteiger partial charge in [0.1, 0.15) is 18.1 Å². The van der Waals surface area contributed by atoms with Gasteiger partial charge in [0, 0.05) is 11.6 Å². The van der Waals surface area contributed by atoms with Gasteiger partial charge >= 0.3 is 13.7 Å². The molecule has 202 valence electrons. The van der Waals surface area contributed by atoms with E-state index < -0.39 is 30.7 Å². The van der Waals surface area contributed by atoms with E-state index in [4.69, 9.17) is 14.8 Å². The number of nitrogens with zero attached hydrogens (tertiary/aromatic N) is 3. The first-order valence-electron chi connectivity index (χ1n) is 12.1. The molecule has 2 saturated carbocycles. The van der Waals surface area contributed by atoms with Crippen LogP contribution in [0.3, 0.4) is 0 Å². The number of fused-ring (bicyclic) bond motifs is 1. The number of benzene rings is 1. The monoisotopic (exact) mass is 544 g/mol. The van der Waals surface area contributed by atoms with Crippen LogP contribution in [-0.4, -0.2) is 55.0 Å². The van der Waals surface area contributed by atoms with E-state index >= 15 is 0 Å². The fourth-order valence-electron chi connectivity index (χ4n) is 4.18. The van der Waals surface area contributed by atoms with Gasteiger partial charge in [0.15, 0.2) is 11.2 Å². The standard InChI is InChI=1S/C24H29N6O7P/c1-14(21(33)34)29-38(35,37-17-5-3-15(4-6-17)23(2)7-8-23)36-12-24(11-31)9-16(24)10-30-13-26-18-19(30)27-22(25)28-20(18)32/h3-6,10,13-14,31H,7-9,11-12H2,1-2H3,(H,29,35)(H,33,34)(H3,25,27,28,32)/b16-10-/t14?,24-,38?/m0/s1. The zero-order valence-electron chi connectivity index (χ0n) is 20.9. The lowest BCUT2D eigenvalue weighted by Gasteiger charge is -2.24. The van der Waals surface area contributed by atoms with Gasteiger partial charge in [-0.1, -0.05) is 19.1 Å². The summed E-state index contributed by atoms with van der Waals surface area (Å²) in [6, 6.07) is 5.92. The Kier molecular flexibility index (Phi) is 6.42. The van der Waals surface area contributed by atoms with Crippen LogP contribution in [0.5, 0.6) is 5.75 Å². The molecule has 38 heavy (non-hydrogen) atoms. The first kappa shape index (κ1) is 26.1. The molecule has 3 atom stereocenters. The summed E-state index contributed by atoms with van der Waals surface area (Å²) in [6.07, 6.45) is 5.64. The van der Waals surface area contributed by atoms with Gasteiger partial charge < -0.3 is 20.5 Å². The molecule has 2 fully saturated rings. The number of carbonyl (C=O) groups is 1. The van der Waals surface area contributed by atoms with Crippen LogP contribution in [0, 0.1) is 5.41 Å². The summed E-state index contributed by atoms with van der Waals surface area (Å²) in [5, 5.41) is 21.9. The minimum atomic E-state index is -4.17. The van der Waals surface area contributed by atoms with Crippen molar-refractivity contribution in [1.29, 1.82) is 0 Å². The van der Waals surface area contributed by atoms with E-state index in [0.29, 0.717) is 6.42 Å². The number of hydrogen-bond acceptors (Lipinski definition) is 9. The highest BCUT2D eigenvalue weighted by Crippen LogP contribution is 2.56. The maximum atomic E-state index is 13.7. The van der Waals surface area contributed by atoms with Crippen molar-refractivity contribution < 1.29 is 28.6 Å². The van der Waals surface area contributed by atoms with Crippen LogP contribution in [0.4, 0.5) is 5.95 Å². The van der Waals surface area contributed by atoms with Gasteiger partial charge in [-0.2, -0.15) is 10.1 Å². The number of nitrogen functional groups attached to an aromatic ring is 1. The minimum absolute atomic E-state index is 0.0637. The highest BCUT2D eigenvalue weighted by molar-refractivity contribution is 7.52. The quantitative estimate of drug-likeness (QED) is 0.222. The van der Waals surface area contributed by atoms with Crippen molar-refractivity contribution in [3.63, 3.8) is 0 Å². The van der Waals surface area contributed by atoms with Crippen LogP contribution in [0.2, 0.25) is 0 Å². The second kappa shape index (κ2) is 9.35. The second-order valence-corrected chi connectivity index (χ2v) is 11.9. The molecular formula is C24H29N6O7P. The number of rotatable bonds is 11. The Morgan fingerprint density at radius 2 is 2.08 bits per heavy atom. The average molecular weight is 545 g/mol. The lowest BCUT2D eigenvalue weighted by molar-refractivity contribution is -0.138. The van der Waals surface area contributed by atoms with E-state index in [1.165, 1.54) is 17.8 Å². The molecular weight excluding hydrogens is 515 g/mol. The molecule has 13 nitrogen and oxygen atoms in total. The molecule has 2 aromatic heterocycles. The number of aliphatic hydroxyl groups excluding tert-OH is 1. The van der Waals surface area contributed by atoms with E-state index in [-0.39, 0.29) is 41.5 Å². The van der Waals surface area contributed by atoms with Crippen LogP contribution in [0.15, 0.2) is 41.0 Å². The molecule has 2 heterocycles. The smallest absolute Gasteiger partial charge is 0.459 e. The third-order valence-corrected chi connectivity index (χ3v) is 8.77. The highest BCUT2D eigenvalue weighted by Gasteiger charge is 2.51. The van der Waals surface area contributed by atoms with Crippen molar-refractivity contribution in [2.45, 2.75) is 44.6 Å². The molecule has 0 spiro atoms. The highest BCUT2D eigenvalue weighted by atomic mass is 31.2. The normalized spacial score (nSPS) is 23.2. The molecule has 14 heteroatoms. The van der Waals surface area contributed by atoms with Gasteiger partial charge in [0.05, 0.1) is 13.2 Å². The van der Waals surface area contributed by atoms with Gasteiger partial charge in [-0.15, -0.1) is 0 Å². The number of carboxylic acid groups (broad SMARTS) is 1.